The lowest BCUT2D eigenvalue weighted by molar-refractivity contribution is -0.121. The molecule has 0 bridgehead atoms. The number of nitriles is 1. The molecule has 0 aliphatic rings. The number of amides is 1. The Bertz CT molecular complexity index is 424. The minimum absolute atomic E-state index is 0.109. The van der Waals surface area contributed by atoms with Gasteiger partial charge in [-0.05, 0) is 24.6 Å². The Balaban J connectivity index is 2.79. The fraction of sp³-hybridized carbons (Fsp3) is 0.385. The van der Waals surface area contributed by atoms with Gasteiger partial charge < -0.3 is 10.1 Å². The highest BCUT2D eigenvalue weighted by molar-refractivity contribution is 5.77. The zero-order valence-electron chi connectivity index (χ0n) is 10.1. The predicted molar refractivity (Wildman–Crippen MR) is 64.6 cm³/mol. The molecule has 4 heteroatoms. The number of carbonyl (C=O) groups is 1. The average molecular weight is 232 g/mol. The lowest BCUT2D eigenvalue weighted by Crippen LogP contribution is -2.24. The zero-order valence-corrected chi connectivity index (χ0v) is 10.1. The molecule has 0 saturated heterocycles. The van der Waals surface area contributed by atoms with E-state index >= 15 is 0 Å². The third kappa shape index (κ3) is 3.80. The van der Waals surface area contributed by atoms with E-state index < -0.39 is 5.92 Å². The van der Waals surface area contributed by atoms with Crippen LogP contribution in [0.5, 0.6) is 5.75 Å². The quantitative estimate of drug-likeness (QED) is 0.842. The predicted octanol–water partition coefficient (Wildman–Crippen LogP) is 1.83. The van der Waals surface area contributed by atoms with Crippen LogP contribution in [0.3, 0.4) is 0 Å². The summed E-state index contributed by atoms with van der Waals surface area (Å²) < 4.78 is 5.09. The van der Waals surface area contributed by atoms with E-state index in [2.05, 4.69) is 11.4 Å². The Morgan fingerprint density at radius 2 is 2.35 bits per heavy atom. The molecule has 1 aromatic rings. The molecule has 1 amide bonds. The van der Waals surface area contributed by atoms with Crippen LogP contribution >= 0.6 is 0 Å². The summed E-state index contributed by atoms with van der Waals surface area (Å²) in [6, 6.07) is 9.38. The van der Waals surface area contributed by atoms with Gasteiger partial charge in [-0.15, -0.1) is 0 Å². The first-order chi connectivity index (χ1) is 8.21. The van der Waals surface area contributed by atoms with Gasteiger partial charge >= 0.3 is 0 Å². The van der Waals surface area contributed by atoms with E-state index in [-0.39, 0.29) is 12.3 Å². The second-order valence-corrected chi connectivity index (χ2v) is 3.62. The molecule has 17 heavy (non-hydrogen) atoms. The van der Waals surface area contributed by atoms with Crippen LogP contribution in [-0.2, 0) is 4.79 Å². The third-order valence-corrected chi connectivity index (χ3v) is 2.42. The van der Waals surface area contributed by atoms with Crippen molar-refractivity contribution in [2.45, 2.75) is 19.3 Å². The van der Waals surface area contributed by atoms with E-state index in [1.165, 1.54) is 0 Å². The average Bonchev–Trinajstić information content (AvgIpc) is 2.36. The molecule has 0 aliphatic heterocycles. The summed E-state index contributed by atoms with van der Waals surface area (Å²) in [7, 11) is 1.57. The number of nitrogens with zero attached hydrogens (tertiary/aromatic N) is 1. The Morgan fingerprint density at radius 1 is 1.59 bits per heavy atom. The van der Waals surface area contributed by atoms with Gasteiger partial charge in [0.25, 0.3) is 0 Å². The number of hydrogen-bond acceptors (Lipinski definition) is 3. The largest absolute Gasteiger partial charge is 0.497 e. The molecule has 1 unspecified atom stereocenters. The highest BCUT2D eigenvalue weighted by Gasteiger charge is 2.15. The van der Waals surface area contributed by atoms with Gasteiger partial charge in [-0.1, -0.05) is 12.1 Å². The lowest BCUT2D eigenvalue weighted by Gasteiger charge is -2.10. The van der Waals surface area contributed by atoms with Crippen molar-refractivity contribution in [3.8, 4) is 11.8 Å². The number of carbonyl (C=O) groups excluding carboxylic acids is 1. The topological polar surface area (TPSA) is 62.1 Å². The minimum Gasteiger partial charge on any atom is -0.497 e. The summed E-state index contributed by atoms with van der Waals surface area (Å²) in [4.78, 5) is 11.4. The smallest absolute Gasteiger partial charge is 0.221 e. The summed E-state index contributed by atoms with van der Waals surface area (Å²) in [5.74, 6) is 0.150. The van der Waals surface area contributed by atoms with Gasteiger partial charge in [0.2, 0.25) is 5.91 Å². The van der Waals surface area contributed by atoms with Gasteiger partial charge in [-0.3, -0.25) is 4.79 Å². The van der Waals surface area contributed by atoms with Crippen LogP contribution in [0.2, 0.25) is 0 Å². The highest BCUT2D eigenvalue weighted by atomic mass is 16.5. The molecule has 0 spiro atoms. The van der Waals surface area contributed by atoms with Crippen LogP contribution in [-0.4, -0.2) is 19.6 Å². The van der Waals surface area contributed by atoms with E-state index in [4.69, 9.17) is 10.00 Å². The Labute approximate surface area is 101 Å². The Morgan fingerprint density at radius 3 is 2.94 bits per heavy atom. The van der Waals surface area contributed by atoms with Crippen LogP contribution in [0, 0.1) is 11.3 Å². The van der Waals surface area contributed by atoms with Crippen LogP contribution < -0.4 is 10.1 Å². The molecule has 0 heterocycles. The summed E-state index contributed by atoms with van der Waals surface area (Å²) in [5.41, 5.74) is 0.804. The summed E-state index contributed by atoms with van der Waals surface area (Å²) in [6.07, 6.45) is 0.178. The molecule has 0 radical (unpaired) electrons. The molecule has 1 rings (SSSR count). The number of rotatable bonds is 5. The monoisotopic (exact) mass is 232 g/mol. The first-order valence-electron chi connectivity index (χ1n) is 5.51. The fourth-order valence-corrected chi connectivity index (χ4v) is 1.55. The van der Waals surface area contributed by atoms with E-state index in [1.807, 2.05) is 25.1 Å². The zero-order chi connectivity index (χ0) is 12.7. The molecule has 0 fully saturated rings. The summed E-state index contributed by atoms with van der Waals surface area (Å²) in [6.45, 7) is 2.43. The van der Waals surface area contributed by atoms with Gasteiger partial charge in [0.15, 0.2) is 0 Å². The Kier molecular flexibility index (Phi) is 5.02. The molecule has 0 saturated carbocycles. The summed E-state index contributed by atoms with van der Waals surface area (Å²) >= 11 is 0. The van der Waals surface area contributed by atoms with Crippen molar-refractivity contribution >= 4 is 5.91 Å². The van der Waals surface area contributed by atoms with Crippen molar-refractivity contribution in [2.75, 3.05) is 13.7 Å². The van der Waals surface area contributed by atoms with Crippen molar-refractivity contribution in [1.82, 2.24) is 5.32 Å². The lowest BCUT2D eigenvalue weighted by atomic mass is 9.96. The van der Waals surface area contributed by atoms with Crippen molar-refractivity contribution < 1.29 is 9.53 Å². The van der Waals surface area contributed by atoms with Crippen LogP contribution in [0.15, 0.2) is 24.3 Å². The number of hydrogen-bond donors (Lipinski definition) is 1. The minimum atomic E-state index is -0.434. The third-order valence-electron chi connectivity index (χ3n) is 2.42. The highest BCUT2D eigenvalue weighted by Crippen LogP contribution is 2.22. The van der Waals surface area contributed by atoms with Crippen molar-refractivity contribution in [2.24, 2.45) is 0 Å². The first kappa shape index (κ1) is 13.0. The van der Waals surface area contributed by atoms with E-state index in [9.17, 15) is 4.79 Å². The molecule has 4 nitrogen and oxygen atoms in total. The fourth-order valence-electron chi connectivity index (χ4n) is 1.55. The van der Waals surface area contributed by atoms with Gasteiger partial charge in [0.05, 0.1) is 19.1 Å². The number of benzene rings is 1. The maximum absolute atomic E-state index is 11.4. The first-order valence-corrected chi connectivity index (χ1v) is 5.51. The maximum Gasteiger partial charge on any atom is 0.221 e. The summed E-state index contributed by atoms with van der Waals surface area (Å²) in [5, 5.41) is 11.8. The second-order valence-electron chi connectivity index (χ2n) is 3.62. The molecule has 0 aliphatic carbocycles. The van der Waals surface area contributed by atoms with Crippen molar-refractivity contribution in [1.29, 1.82) is 5.26 Å². The molecular formula is C13H16N2O2. The maximum atomic E-state index is 11.4. The molecule has 0 aromatic heterocycles. The standard InChI is InChI=1S/C13H16N2O2/c1-3-15-13(16)8-11(9-14)10-5-4-6-12(7-10)17-2/h4-7,11H,3,8H2,1-2H3,(H,15,16). The van der Waals surface area contributed by atoms with Gasteiger partial charge in [0, 0.05) is 13.0 Å². The van der Waals surface area contributed by atoms with Crippen LogP contribution in [0.4, 0.5) is 0 Å². The van der Waals surface area contributed by atoms with Crippen molar-refractivity contribution in [3.63, 3.8) is 0 Å². The van der Waals surface area contributed by atoms with E-state index in [0.29, 0.717) is 12.3 Å². The Hall–Kier alpha value is -2.02. The van der Waals surface area contributed by atoms with Crippen molar-refractivity contribution in [3.05, 3.63) is 29.8 Å². The van der Waals surface area contributed by atoms with Crippen LogP contribution in [0.25, 0.3) is 0 Å². The van der Waals surface area contributed by atoms with E-state index in [0.717, 1.165) is 5.56 Å². The SMILES string of the molecule is CCNC(=O)CC(C#N)c1cccc(OC)c1. The number of ether oxygens (including phenoxy) is 1. The molecule has 90 valence electrons. The number of nitrogens with one attached hydrogen (secondary N) is 1. The van der Waals surface area contributed by atoms with E-state index in [1.54, 1.807) is 13.2 Å². The van der Waals surface area contributed by atoms with Crippen LogP contribution in [0.1, 0.15) is 24.8 Å². The van der Waals surface area contributed by atoms with Gasteiger partial charge in [0.1, 0.15) is 5.75 Å². The molecular weight excluding hydrogens is 216 g/mol. The normalized spacial score (nSPS) is 11.4. The van der Waals surface area contributed by atoms with Gasteiger partial charge in [-0.2, -0.15) is 5.26 Å². The molecule has 1 aromatic carbocycles. The van der Waals surface area contributed by atoms with Gasteiger partial charge in [-0.25, -0.2) is 0 Å². The molecule has 1 N–H and O–H groups in total. The number of methoxy groups -OCH3 is 1. The second kappa shape index (κ2) is 6.54. The molecule has 1 atom stereocenters.